The van der Waals surface area contributed by atoms with Gasteiger partial charge in [-0.25, -0.2) is 9.97 Å². The molecule has 5 heteroatoms. The standard InChI is InChI=1S/C15H25N5/c1-10-9-16-19-14(10)13-4-6-20(7-5-13)15-17-11(2)8-12(3)18-15/h8,10,13-14,16,19H,4-7,9H2,1-3H3. The van der Waals surface area contributed by atoms with Crippen LogP contribution in [-0.2, 0) is 0 Å². The highest BCUT2D eigenvalue weighted by atomic mass is 15.4. The van der Waals surface area contributed by atoms with E-state index in [1.807, 2.05) is 19.9 Å². The van der Waals surface area contributed by atoms with Crippen molar-refractivity contribution in [3.8, 4) is 0 Å². The van der Waals surface area contributed by atoms with Crippen LogP contribution in [0.3, 0.4) is 0 Å². The largest absolute Gasteiger partial charge is 0.341 e. The highest BCUT2D eigenvalue weighted by Gasteiger charge is 2.33. The van der Waals surface area contributed by atoms with Crippen LogP contribution in [0.5, 0.6) is 0 Å². The first kappa shape index (κ1) is 13.8. The molecule has 3 heterocycles. The first-order valence-electron chi connectivity index (χ1n) is 7.69. The number of hydrazine groups is 1. The van der Waals surface area contributed by atoms with Gasteiger partial charge in [-0.3, -0.25) is 10.9 Å². The van der Waals surface area contributed by atoms with Crippen molar-refractivity contribution >= 4 is 5.95 Å². The third kappa shape index (κ3) is 2.79. The molecule has 2 unspecified atom stereocenters. The zero-order valence-electron chi connectivity index (χ0n) is 12.7. The second-order valence-corrected chi connectivity index (χ2v) is 6.30. The van der Waals surface area contributed by atoms with E-state index in [2.05, 4.69) is 32.6 Å². The maximum Gasteiger partial charge on any atom is 0.225 e. The summed E-state index contributed by atoms with van der Waals surface area (Å²) in [4.78, 5) is 11.5. The predicted molar refractivity (Wildman–Crippen MR) is 80.5 cm³/mol. The number of rotatable bonds is 2. The van der Waals surface area contributed by atoms with Gasteiger partial charge in [0, 0.05) is 37.1 Å². The van der Waals surface area contributed by atoms with Crippen LogP contribution < -0.4 is 15.8 Å². The Balaban J connectivity index is 1.63. The topological polar surface area (TPSA) is 53.1 Å². The van der Waals surface area contributed by atoms with E-state index in [-0.39, 0.29) is 0 Å². The van der Waals surface area contributed by atoms with E-state index < -0.39 is 0 Å². The highest BCUT2D eigenvalue weighted by Crippen LogP contribution is 2.27. The van der Waals surface area contributed by atoms with Crippen LogP contribution in [0.1, 0.15) is 31.2 Å². The Morgan fingerprint density at radius 3 is 2.35 bits per heavy atom. The van der Waals surface area contributed by atoms with E-state index in [1.165, 1.54) is 12.8 Å². The van der Waals surface area contributed by atoms with Gasteiger partial charge in [-0.2, -0.15) is 0 Å². The smallest absolute Gasteiger partial charge is 0.225 e. The minimum Gasteiger partial charge on any atom is -0.341 e. The molecule has 3 rings (SSSR count). The number of piperidine rings is 1. The Bertz CT molecular complexity index is 447. The lowest BCUT2D eigenvalue weighted by molar-refractivity contribution is 0.276. The second-order valence-electron chi connectivity index (χ2n) is 6.30. The lowest BCUT2D eigenvalue weighted by Crippen LogP contribution is -2.44. The minimum absolute atomic E-state index is 0.623. The van der Waals surface area contributed by atoms with Gasteiger partial charge in [-0.15, -0.1) is 0 Å². The molecule has 0 aliphatic carbocycles. The average molecular weight is 275 g/mol. The van der Waals surface area contributed by atoms with Crippen molar-refractivity contribution in [2.24, 2.45) is 11.8 Å². The van der Waals surface area contributed by atoms with Crippen LogP contribution in [-0.4, -0.2) is 35.6 Å². The second kappa shape index (κ2) is 5.66. The zero-order chi connectivity index (χ0) is 14.1. The van der Waals surface area contributed by atoms with Crippen molar-refractivity contribution < 1.29 is 0 Å². The summed E-state index contributed by atoms with van der Waals surface area (Å²) < 4.78 is 0. The summed E-state index contributed by atoms with van der Waals surface area (Å²) in [7, 11) is 0. The van der Waals surface area contributed by atoms with Crippen LogP contribution in [0.4, 0.5) is 5.95 Å². The Kier molecular flexibility index (Phi) is 3.89. The molecule has 5 nitrogen and oxygen atoms in total. The van der Waals surface area contributed by atoms with Crippen molar-refractivity contribution in [3.05, 3.63) is 17.5 Å². The number of nitrogens with one attached hydrogen (secondary N) is 2. The maximum absolute atomic E-state index is 4.58. The predicted octanol–water partition coefficient (Wildman–Crippen LogP) is 1.42. The minimum atomic E-state index is 0.623. The van der Waals surface area contributed by atoms with Crippen LogP contribution in [0.15, 0.2) is 6.07 Å². The van der Waals surface area contributed by atoms with Crippen molar-refractivity contribution in [2.45, 2.75) is 39.7 Å². The molecule has 0 radical (unpaired) electrons. The van der Waals surface area contributed by atoms with Crippen LogP contribution >= 0.6 is 0 Å². The molecule has 0 bridgehead atoms. The van der Waals surface area contributed by atoms with E-state index in [0.717, 1.165) is 48.8 Å². The van der Waals surface area contributed by atoms with Gasteiger partial charge in [-0.05, 0) is 44.6 Å². The van der Waals surface area contributed by atoms with Gasteiger partial charge >= 0.3 is 0 Å². The molecule has 2 saturated heterocycles. The van der Waals surface area contributed by atoms with Gasteiger partial charge in [0.05, 0.1) is 0 Å². The van der Waals surface area contributed by atoms with Crippen LogP contribution in [0.25, 0.3) is 0 Å². The summed E-state index contributed by atoms with van der Waals surface area (Å²) in [5, 5.41) is 0. The Labute approximate surface area is 121 Å². The van der Waals surface area contributed by atoms with Crippen molar-refractivity contribution in [3.63, 3.8) is 0 Å². The molecular formula is C15H25N5. The van der Waals surface area contributed by atoms with Gasteiger partial charge < -0.3 is 4.90 Å². The molecule has 0 saturated carbocycles. The number of aryl methyl sites for hydroxylation is 2. The van der Waals surface area contributed by atoms with Crippen LogP contribution in [0.2, 0.25) is 0 Å². The number of anilines is 1. The first-order chi connectivity index (χ1) is 9.63. The molecule has 2 atom stereocenters. The average Bonchev–Trinajstić information content (AvgIpc) is 2.84. The maximum atomic E-state index is 4.58. The molecule has 2 aliphatic heterocycles. The molecule has 2 aliphatic rings. The van der Waals surface area contributed by atoms with Crippen molar-refractivity contribution in [1.82, 2.24) is 20.8 Å². The molecule has 1 aromatic rings. The summed E-state index contributed by atoms with van der Waals surface area (Å²) in [6.45, 7) is 9.64. The van der Waals surface area contributed by atoms with Gasteiger partial charge in [0.15, 0.2) is 0 Å². The fourth-order valence-electron chi connectivity index (χ4n) is 3.50. The van der Waals surface area contributed by atoms with E-state index in [4.69, 9.17) is 0 Å². The van der Waals surface area contributed by atoms with Crippen molar-refractivity contribution in [2.75, 3.05) is 24.5 Å². The molecule has 20 heavy (non-hydrogen) atoms. The zero-order valence-corrected chi connectivity index (χ0v) is 12.7. The fourth-order valence-corrected chi connectivity index (χ4v) is 3.50. The Hall–Kier alpha value is -1.20. The fraction of sp³-hybridized carbons (Fsp3) is 0.733. The molecule has 0 spiro atoms. The molecular weight excluding hydrogens is 250 g/mol. The molecule has 110 valence electrons. The Morgan fingerprint density at radius 1 is 1.15 bits per heavy atom. The SMILES string of the molecule is Cc1cc(C)nc(N2CCC(C3NNCC3C)CC2)n1. The van der Waals surface area contributed by atoms with E-state index >= 15 is 0 Å². The summed E-state index contributed by atoms with van der Waals surface area (Å²) in [6, 6.07) is 2.66. The molecule has 0 amide bonds. The number of aromatic nitrogens is 2. The van der Waals surface area contributed by atoms with E-state index in [9.17, 15) is 0 Å². The van der Waals surface area contributed by atoms with Gasteiger partial charge in [0.2, 0.25) is 5.95 Å². The third-order valence-corrected chi connectivity index (χ3v) is 4.61. The summed E-state index contributed by atoms with van der Waals surface area (Å²) in [5.41, 5.74) is 8.86. The summed E-state index contributed by atoms with van der Waals surface area (Å²) in [6.07, 6.45) is 2.44. The lowest BCUT2D eigenvalue weighted by Gasteiger charge is -2.36. The molecule has 2 N–H and O–H groups in total. The van der Waals surface area contributed by atoms with Crippen molar-refractivity contribution in [1.29, 1.82) is 0 Å². The summed E-state index contributed by atoms with van der Waals surface area (Å²) in [5.74, 6) is 2.40. The number of hydrogen-bond donors (Lipinski definition) is 2. The normalized spacial score (nSPS) is 28.1. The van der Waals surface area contributed by atoms with E-state index in [1.54, 1.807) is 0 Å². The van der Waals surface area contributed by atoms with Gasteiger partial charge in [-0.1, -0.05) is 6.92 Å². The highest BCUT2D eigenvalue weighted by molar-refractivity contribution is 5.32. The number of nitrogens with zero attached hydrogens (tertiary/aromatic N) is 3. The molecule has 1 aromatic heterocycles. The Morgan fingerprint density at radius 2 is 1.80 bits per heavy atom. The van der Waals surface area contributed by atoms with Crippen LogP contribution in [0, 0.1) is 25.7 Å². The molecule has 2 fully saturated rings. The van der Waals surface area contributed by atoms with Gasteiger partial charge in [0.1, 0.15) is 0 Å². The number of hydrogen-bond acceptors (Lipinski definition) is 5. The monoisotopic (exact) mass is 275 g/mol. The first-order valence-corrected chi connectivity index (χ1v) is 7.69. The molecule has 0 aromatic carbocycles. The van der Waals surface area contributed by atoms with E-state index in [0.29, 0.717) is 6.04 Å². The van der Waals surface area contributed by atoms with Gasteiger partial charge in [0.25, 0.3) is 0 Å². The summed E-state index contributed by atoms with van der Waals surface area (Å²) >= 11 is 0. The lowest BCUT2D eigenvalue weighted by atomic mass is 9.84. The quantitative estimate of drug-likeness (QED) is 0.855. The third-order valence-electron chi connectivity index (χ3n) is 4.61.